The van der Waals surface area contributed by atoms with Gasteiger partial charge in [0, 0.05) is 12.6 Å². The number of hydrogen-bond donors (Lipinski definition) is 2. The summed E-state index contributed by atoms with van der Waals surface area (Å²) in [4.78, 5) is 11.5. The van der Waals surface area contributed by atoms with Crippen LogP contribution in [0.5, 0.6) is 0 Å². The van der Waals surface area contributed by atoms with Gasteiger partial charge in [-0.15, -0.1) is 0 Å². The van der Waals surface area contributed by atoms with Gasteiger partial charge in [0.05, 0.1) is 6.04 Å². The van der Waals surface area contributed by atoms with Crippen molar-refractivity contribution < 1.29 is 4.79 Å². The summed E-state index contributed by atoms with van der Waals surface area (Å²) in [6.45, 7) is 9.35. The first kappa shape index (κ1) is 10.5. The highest BCUT2D eigenvalue weighted by atomic mass is 16.2. The number of nitrogens with one attached hydrogen (secondary N) is 2. The maximum Gasteiger partial charge on any atom is 0.237 e. The van der Waals surface area contributed by atoms with Gasteiger partial charge in [-0.05, 0) is 18.8 Å². The van der Waals surface area contributed by atoms with Crippen molar-refractivity contribution in [1.82, 2.24) is 10.6 Å². The standard InChI is InChI=1S/C10H20N2O/c1-7-6-11-8(9(13)12-7)5-10(2,3)4/h7-8,11H,5-6H2,1-4H3,(H,12,13). The molecule has 1 heterocycles. The zero-order valence-electron chi connectivity index (χ0n) is 8.98. The van der Waals surface area contributed by atoms with Crippen molar-refractivity contribution in [2.45, 2.75) is 46.2 Å². The van der Waals surface area contributed by atoms with Crippen LogP contribution in [0.15, 0.2) is 0 Å². The molecule has 2 unspecified atom stereocenters. The first-order valence-electron chi connectivity index (χ1n) is 4.92. The molecule has 0 bridgehead atoms. The summed E-state index contributed by atoms with van der Waals surface area (Å²) < 4.78 is 0. The van der Waals surface area contributed by atoms with Gasteiger partial charge in [-0.2, -0.15) is 0 Å². The molecule has 0 aromatic heterocycles. The molecule has 1 rings (SSSR count). The molecule has 1 saturated heterocycles. The summed E-state index contributed by atoms with van der Waals surface area (Å²) in [6.07, 6.45) is 0.894. The summed E-state index contributed by atoms with van der Waals surface area (Å²) in [7, 11) is 0. The highest BCUT2D eigenvalue weighted by molar-refractivity contribution is 5.82. The molecule has 0 radical (unpaired) electrons. The first-order chi connectivity index (χ1) is 5.88. The molecule has 1 aliphatic heterocycles. The molecule has 0 aromatic carbocycles. The molecule has 2 atom stereocenters. The van der Waals surface area contributed by atoms with Gasteiger partial charge in [0.2, 0.25) is 5.91 Å². The Hall–Kier alpha value is -0.570. The average molecular weight is 184 g/mol. The van der Waals surface area contributed by atoms with Gasteiger partial charge < -0.3 is 10.6 Å². The van der Waals surface area contributed by atoms with Crippen molar-refractivity contribution in [3.8, 4) is 0 Å². The molecular formula is C10H20N2O. The highest BCUT2D eigenvalue weighted by Gasteiger charge is 2.28. The Kier molecular flexibility index (Phi) is 2.96. The first-order valence-corrected chi connectivity index (χ1v) is 4.92. The molecule has 0 saturated carbocycles. The fraction of sp³-hybridized carbons (Fsp3) is 0.900. The largest absolute Gasteiger partial charge is 0.351 e. The lowest BCUT2D eigenvalue weighted by Crippen LogP contribution is -2.58. The van der Waals surface area contributed by atoms with Crippen LogP contribution in [0.2, 0.25) is 0 Å². The second-order valence-corrected chi connectivity index (χ2v) is 5.14. The molecular weight excluding hydrogens is 164 g/mol. The third-order valence-electron chi connectivity index (χ3n) is 2.19. The molecule has 76 valence electrons. The minimum absolute atomic E-state index is 0.00352. The third kappa shape index (κ3) is 3.35. The molecule has 13 heavy (non-hydrogen) atoms. The Morgan fingerprint density at radius 2 is 2.08 bits per heavy atom. The number of piperazine rings is 1. The van der Waals surface area contributed by atoms with Crippen LogP contribution in [0.25, 0.3) is 0 Å². The van der Waals surface area contributed by atoms with Crippen molar-refractivity contribution in [2.24, 2.45) is 5.41 Å². The molecule has 2 N–H and O–H groups in total. The van der Waals surface area contributed by atoms with Crippen LogP contribution in [0, 0.1) is 5.41 Å². The van der Waals surface area contributed by atoms with E-state index in [0.717, 1.165) is 13.0 Å². The van der Waals surface area contributed by atoms with Crippen molar-refractivity contribution in [3.05, 3.63) is 0 Å². The van der Waals surface area contributed by atoms with Crippen LogP contribution in [0.3, 0.4) is 0 Å². The summed E-state index contributed by atoms with van der Waals surface area (Å²) in [5.41, 5.74) is 0.204. The van der Waals surface area contributed by atoms with Crippen LogP contribution in [-0.4, -0.2) is 24.5 Å². The van der Waals surface area contributed by atoms with E-state index < -0.39 is 0 Å². The van der Waals surface area contributed by atoms with Gasteiger partial charge in [-0.25, -0.2) is 0 Å². The van der Waals surface area contributed by atoms with E-state index in [1.54, 1.807) is 0 Å². The number of rotatable bonds is 1. The van der Waals surface area contributed by atoms with Gasteiger partial charge in [-0.3, -0.25) is 4.79 Å². The molecule has 3 nitrogen and oxygen atoms in total. The summed E-state index contributed by atoms with van der Waals surface area (Å²) in [5.74, 6) is 0.147. The lowest BCUT2D eigenvalue weighted by molar-refractivity contribution is -0.126. The Balaban J connectivity index is 2.48. The Labute approximate surface area is 80.3 Å². The number of carbonyl (C=O) groups excluding carboxylic acids is 1. The lowest BCUT2D eigenvalue weighted by atomic mass is 9.87. The SMILES string of the molecule is CC1CNC(CC(C)(C)C)C(=O)N1. The molecule has 0 spiro atoms. The van der Waals surface area contributed by atoms with E-state index in [1.807, 2.05) is 6.92 Å². The number of amides is 1. The summed E-state index contributed by atoms with van der Waals surface area (Å²) in [6, 6.07) is 0.264. The van der Waals surface area contributed by atoms with E-state index in [2.05, 4.69) is 31.4 Å². The van der Waals surface area contributed by atoms with Gasteiger partial charge >= 0.3 is 0 Å². The van der Waals surface area contributed by atoms with E-state index in [0.29, 0.717) is 0 Å². The van der Waals surface area contributed by atoms with E-state index in [4.69, 9.17) is 0 Å². The molecule has 0 aliphatic carbocycles. The van der Waals surface area contributed by atoms with Gasteiger partial charge in [-0.1, -0.05) is 20.8 Å². The normalized spacial score (nSPS) is 30.0. The van der Waals surface area contributed by atoms with Crippen LogP contribution in [0.4, 0.5) is 0 Å². The zero-order valence-corrected chi connectivity index (χ0v) is 8.98. The Morgan fingerprint density at radius 1 is 1.46 bits per heavy atom. The van der Waals surface area contributed by atoms with Gasteiger partial charge in [0.15, 0.2) is 0 Å². The second-order valence-electron chi connectivity index (χ2n) is 5.14. The molecule has 1 aliphatic rings. The van der Waals surface area contributed by atoms with Crippen molar-refractivity contribution in [2.75, 3.05) is 6.54 Å². The van der Waals surface area contributed by atoms with E-state index in [9.17, 15) is 4.79 Å². The topological polar surface area (TPSA) is 41.1 Å². The zero-order chi connectivity index (χ0) is 10.1. The van der Waals surface area contributed by atoms with E-state index in [-0.39, 0.29) is 23.4 Å². The predicted molar refractivity (Wildman–Crippen MR) is 53.5 cm³/mol. The maximum atomic E-state index is 11.5. The van der Waals surface area contributed by atoms with Crippen LogP contribution in [0.1, 0.15) is 34.1 Å². The minimum atomic E-state index is -0.00352. The summed E-state index contributed by atoms with van der Waals surface area (Å²) in [5, 5.41) is 6.21. The van der Waals surface area contributed by atoms with E-state index in [1.165, 1.54) is 0 Å². The van der Waals surface area contributed by atoms with Crippen LogP contribution < -0.4 is 10.6 Å². The van der Waals surface area contributed by atoms with Crippen LogP contribution in [-0.2, 0) is 4.79 Å². The Morgan fingerprint density at radius 3 is 2.54 bits per heavy atom. The number of carbonyl (C=O) groups is 1. The van der Waals surface area contributed by atoms with Crippen molar-refractivity contribution in [3.63, 3.8) is 0 Å². The monoisotopic (exact) mass is 184 g/mol. The molecule has 1 amide bonds. The van der Waals surface area contributed by atoms with Crippen LogP contribution >= 0.6 is 0 Å². The van der Waals surface area contributed by atoms with Crippen molar-refractivity contribution in [1.29, 1.82) is 0 Å². The quantitative estimate of drug-likeness (QED) is 0.635. The predicted octanol–water partition coefficient (Wildman–Crippen LogP) is 0.899. The minimum Gasteiger partial charge on any atom is -0.351 e. The molecule has 0 aromatic rings. The Bertz CT molecular complexity index is 196. The second kappa shape index (κ2) is 3.66. The third-order valence-corrected chi connectivity index (χ3v) is 2.19. The van der Waals surface area contributed by atoms with Crippen molar-refractivity contribution >= 4 is 5.91 Å². The highest BCUT2D eigenvalue weighted by Crippen LogP contribution is 2.21. The maximum absolute atomic E-state index is 11.5. The van der Waals surface area contributed by atoms with Gasteiger partial charge in [0.1, 0.15) is 0 Å². The van der Waals surface area contributed by atoms with E-state index >= 15 is 0 Å². The molecule has 3 heteroatoms. The number of hydrogen-bond acceptors (Lipinski definition) is 2. The molecule has 1 fully saturated rings. The smallest absolute Gasteiger partial charge is 0.237 e. The summed E-state index contributed by atoms with van der Waals surface area (Å²) >= 11 is 0. The lowest BCUT2D eigenvalue weighted by Gasteiger charge is -2.32. The fourth-order valence-corrected chi connectivity index (χ4v) is 1.58. The average Bonchev–Trinajstić information content (AvgIpc) is 1.93. The fourth-order valence-electron chi connectivity index (χ4n) is 1.58. The van der Waals surface area contributed by atoms with Gasteiger partial charge in [0.25, 0.3) is 0 Å².